The van der Waals surface area contributed by atoms with Crippen LogP contribution in [0.2, 0.25) is 0 Å². The van der Waals surface area contributed by atoms with Crippen LogP contribution >= 0.6 is 11.3 Å². The zero-order valence-corrected chi connectivity index (χ0v) is 15.8. The lowest BCUT2D eigenvalue weighted by Crippen LogP contribution is -2.52. The van der Waals surface area contributed by atoms with Crippen LogP contribution in [0.4, 0.5) is 4.79 Å². The Morgan fingerprint density at radius 3 is 2.70 bits per heavy atom. The number of aryl methyl sites for hydroxylation is 1. The zero-order valence-electron chi connectivity index (χ0n) is 15.0. The Morgan fingerprint density at radius 2 is 1.89 bits per heavy atom. The molecular weight excluding hydrogens is 358 g/mol. The number of likely N-dealkylation sites (tertiary alicyclic amines) is 1. The molecule has 6 heteroatoms. The van der Waals surface area contributed by atoms with Crippen molar-refractivity contribution in [1.29, 1.82) is 0 Å². The van der Waals surface area contributed by atoms with Gasteiger partial charge in [-0.2, -0.15) is 0 Å². The summed E-state index contributed by atoms with van der Waals surface area (Å²) in [4.78, 5) is 17.4. The number of benzene rings is 2. The molecule has 138 valence electrons. The van der Waals surface area contributed by atoms with Crippen LogP contribution in [0.15, 0.2) is 41.9 Å². The van der Waals surface area contributed by atoms with Crippen LogP contribution in [0.3, 0.4) is 0 Å². The largest absolute Gasteiger partial charge is 0.487 e. The molecule has 0 radical (unpaired) electrons. The highest BCUT2D eigenvalue weighted by atomic mass is 32.1. The highest BCUT2D eigenvalue weighted by Gasteiger charge is 2.40. The van der Waals surface area contributed by atoms with Crippen molar-refractivity contribution in [3.63, 3.8) is 0 Å². The fourth-order valence-corrected chi connectivity index (χ4v) is 4.94. The van der Waals surface area contributed by atoms with Crippen LogP contribution in [0.25, 0.3) is 21.3 Å². The van der Waals surface area contributed by atoms with E-state index in [9.17, 15) is 4.79 Å². The molecule has 27 heavy (non-hydrogen) atoms. The molecule has 1 aromatic heterocycles. The van der Waals surface area contributed by atoms with E-state index >= 15 is 0 Å². The molecule has 5 nitrogen and oxygen atoms in total. The fourth-order valence-electron chi connectivity index (χ4n) is 4.22. The number of aromatic nitrogens is 1. The molecule has 1 fully saturated rings. The molecule has 0 saturated carbocycles. The van der Waals surface area contributed by atoms with Crippen LogP contribution in [-0.2, 0) is 6.42 Å². The first-order valence-corrected chi connectivity index (χ1v) is 10.2. The highest BCUT2D eigenvalue weighted by Crippen LogP contribution is 2.41. The molecule has 0 bridgehead atoms. The van der Waals surface area contributed by atoms with E-state index in [0.717, 1.165) is 36.9 Å². The summed E-state index contributed by atoms with van der Waals surface area (Å²) in [7, 11) is 0. The van der Waals surface area contributed by atoms with Gasteiger partial charge in [0.2, 0.25) is 0 Å². The predicted molar refractivity (Wildman–Crippen MR) is 107 cm³/mol. The number of nitrogens with two attached hydrogens (primary N) is 1. The maximum absolute atomic E-state index is 11.4. The molecule has 3 aromatic rings. The van der Waals surface area contributed by atoms with Crippen molar-refractivity contribution in [2.75, 3.05) is 13.1 Å². The van der Waals surface area contributed by atoms with Gasteiger partial charge in [-0.05, 0) is 53.8 Å². The molecule has 2 aromatic carbocycles. The summed E-state index contributed by atoms with van der Waals surface area (Å²) >= 11 is 1.67. The number of piperidine rings is 1. The Bertz CT molecular complexity index is 1020. The van der Waals surface area contributed by atoms with Gasteiger partial charge in [-0.25, -0.2) is 9.78 Å². The number of amides is 2. The third-order valence-corrected chi connectivity index (χ3v) is 6.68. The Labute approximate surface area is 161 Å². The lowest BCUT2D eigenvalue weighted by atomic mass is 9.82. The van der Waals surface area contributed by atoms with Gasteiger partial charge < -0.3 is 15.4 Å². The summed E-state index contributed by atoms with van der Waals surface area (Å²) in [6.45, 7) is 1.36. The van der Waals surface area contributed by atoms with Crippen molar-refractivity contribution in [3.05, 3.63) is 47.5 Å². The number of urea groups is 1. The van der Waals surface area contributed by atoms with Gasteiger partial charge in [0.25, 0.3) is 0 Å². The van der Waals surface area contributed by atoms with Crippen molar-refractivity contribution in [1.82, 2.24) is 9.88 Å². The summed E-state index contributed by atoms with van der Waals surface area (Å²) < 4.78 is 7.66. The third-order valence-electron chi connectivity index (χ3n) is 5.89. The Kier molecular flexibility index (Phi) is 3.82. The summed E-state index contributed by atoms with van der Waals surface area (Å²) in [6.07, 6.45) is 3.69. The SMILES string of the molecule is NC(=O)N1CCC2(CCc3cc(-c4ccc5ncsc5c4)ccc3O2)CC1. The summed E-state index contributed by atoms with van der Waals surface area (Å²) in [5, 5.41) is 0. The van der Waals surface area contributed by atoms with Gasteiger partial charge in [0.15, 0.2) is 0 Å². The van der Waals surface area contributed by atoms with Gasteiger partial charge in [0, 0.05) is 25.9 Å². The normalized spacial score (nSPS) is 18.3. The second-order valence-electron chi connectivity index (χ2n) is 7.47. The lowest BCUT2D eigenvalue weighted by molar-refractivity contribution is -0.00471. The van der Waals surface area contributed by atoms with Crippen LogP contribution in [0, 0.1) is 0 Å². The number of carbonyl (C=O) groups excluding carboxylic acids is 1. The Balaban J connectivity index is 1.39. The standard InChI is InChI=1S/C21H21N3O2S/c22-20(25)24-9-7-21(8-10-24)6-5-16-11-14(2-4-18(16)26-21)15-1-3-17-19(12-15)27-13-23-17/h1-4,11-13H,5-10H2,(H2,22,25). The third kappa shape index (κ3) is 2.94. The topological polar surface area (TPSA) is 68.5 Å². The molecule has 2 N–H and O–H groups in total. The minimum atomic E-state index is -0.330. The van der Waals surface area contributed by atoms with Gasteiger partial charge >= 0.3 is 6.03 Å². The first kappa shape index (κ1) is 16.6. The molecular formula is C21H21N3O2S. The zero-order chi connectivity index (χ0) is 18.4. The van der Waals surface area contributed by atoms with Crippen LogP contribution in [-0.4, -0.2) is 34.6 Å². The molecule has 1 spiro atoms. The van der Waals surface area contributed by atoms with Gasteiger partial charge in [-0.1, -0.05) is 12.1 Å². The molecule has 1 saturated heterocycles. The van der Waals surface area contributed by atoms with E-state index in [-0.39, 0.29) is 11.6 Å². The number of carbonyl (C=O) groups is 1. The molecule has 3 heterocycles. The smallest absolute Gasteiger partial charge is 0.314 e. The van der Waals surface area contributed by atoms with Gasteiger partial charge in [0.05, 0.1) is 15.7 Å². The van der Waals surface area contributed by atoms with E-state index in [1.807, 2.05) is 5.51 Å². The summed E-state index contributed by atoms with van der Waals surface area (Å²) in [5.74, 6) is 0.983. The number of rotatable bonds is 1. The Morgan fingerprint density at radius 1 is 1.11 bits per heavy atom. The second kappa shape index (κ2) is 6.23. The van der Waals surface area contributed by atoms with Crippen molar-refractivity contribution < 1.29 is 9.53 Å². The van der Waals surface area contributed by atoms with E-state index in [1.165, 1.54) is 21.4 Å². The first-order chi connectivity index (χ1) is 13.1. The van der Waals surface area contributed by atoms with Gasteiger partial charge in [0.1, 0.15) is 11.4 Å². The van der Waals surface area contributed by atoms with Crippen LogP contribution < -0.4 is 10.5 Å². The van der Waals surface area contributed by atoms with E-state index in [2.05, 4.69) is 41.4 Å². The number of fused-ring (bicyclic) bond motifs is 2. The second-order valence-corrected chi connectivity index (χ2v) is 8.35. The monoisotopic (exact) mass is 379 g/mol. The molecule has 0 unspecified atom stereocenters. The molecule has 2 aliphatic rings. The predicted octanol–water partition coefficient (Wildman–Crippen LogP) is 4.20. The minimum Gasteiger partial charge on any atom is -0.487 e. The van der Waals surface area contributed by atoms with Crippen molar-refractivity contribution in [2.24, 2.45) is 5.73 Å². The van der Waals surface area contributed by atoms with E-state index < -0.39 is 0 Å². The molecule has 0 aliphatic carbocycles. The van der Waals surface area contributed by atoms with Gasteiger partial charge in [-0.3, -0.25) is 0 Å². The number of nitrogens with zero attached hydrogens (tertiary/aromatic N) is 2. The summed E-state index contributed by atoms with van der Waals surface area (Å²) in [6, 6.07) is 12.6. The molecule has 2 aliphatic heterocycles. The van der Waals surface area contributed by atoms with Crippen molar-refractivity contribution in [2.45, 2.75) is 31.3 Å². The molecule has 0 atom stereocenters. The van der Waals surface area contributed by atoms with E-state index in [1.54, 1.807) is 16.2 Å². The van der Waals surface area contributed by atoms with Crippen molar-refractivity contribution in [3.8, 4) is 16.9 Å². The maximum atomic E-state index is 11.4. The van der Waals surface area contributed by atoms with Crippen LogP contribution in [0.1, 0.15) is 24.8 Å². The van der Waals surface area contributed by atoms with Crippen LogP contribution in [0.5, 0.6) is 5.75 Å². The number of primary amides is 1. The number of hydrogen-bond acceptors (Lipinski definition) is 4. The maximum Gasteiger partial charge on any atom is 0.314 e. The highest BCUT2D eigenvalue weighted by molar-refractivity contribution is 7.16. The average molecular weight is 379 g/mol. The van der Waals surface area contributed by atoms with E-state index in [0.29, 0.717) is 13.1 Å². The Hall–Kier alpha value is -2.60. The number of thiazole rings is 1. The lowest BCUT2D eigenvalue weighted by Gasteiger charge is -2.44. The molecule has 2 amide bonds. The minimum absolute atomic E-state index is 0.151. The first-order valence-electron chi connectivity index (χ1n) is 9.32. The van der Waals surface area contributed by atoms with E-state index in [4.69, 9.17) is 10.5 Å². The summed E-state index contributed by atoms with van der Waals surface area (Å²) in [5.41, 5.74) is 11.9. The van der Waals surface area contributed by atoms with Gasteiger partial charge in [-0.15, -0.1) is 11.3 Å². The average Bonchev–Trinajstić information content (AvgIpc) is 3.16. The van der Waals surface area contributed by atoms with Crippen molar-refractivity contribution >= 4 is 27.6 Å². The quantitative estimate of drug-likeness (QED) is 0.689. The molecule has 5 rings (SSSR count). The number of ether oxygens (including phenoxy) is 1. The number of hydrogen-bond donors (Lipinski definition) is 1. The fraction of sp³-hybridized carbons (Fsp3) is 0.333.